The molecule has 20 heavy (non-hydrogen) atoms. The van der Waals surface area contributed by atoms with E-state index in [1.54, 1.807) is 0 Å². The van der Waals surface area contributed by atoms with Crippen LogP contribution in [0.3, 0.4) is 0 Å². The minimum Gasteiger partial charge on any atom is -0.435 e. The molecule has 0 aromatic carbocycles. The van der Waals surface area contributed by atoms with Crippen molar-refractivity contribution in [1.29, 1.82) is 0 Å². The van der Waals surface area contributed by atoms with Crippen molar-refractivity contribution in [2.45, 2.75) is 0 Å². The number of ether oxygens (including phenoxy) is 2. The quantitative estimate of drug-likeness (QED) is 0.546. The second kappa shape index (κ2) is 9.77. The molecule has 0 aromatic rings. The Morgan fingerprint density at radius 1 is 0.750 bits per heavy atom. The van der Waals surface area contributed by atoms with Crippen LogP contribution >= 0.6 is 0 Å². The topological polar surface area (TPSA) is 59.1 Å². The maximum Gasteiger partial charge on any atom is 0.430 e. The molecule has 0 heterocycles. The van der Waals surface area contributed by atoms with E-state index in [0.717, 1.165) is 10.0 Å². The van der Waals surface area contributed by atoms with Gasteiger partial charge >= 0.3 is 12.2 Å². The predicted molar refractivity (Wildman–Crippen MR) is 71.4 cm³/mol. The van der Waals surface area contributed by atoms with Gasteiger partial charge in [-0.3, -0.25) is 0 Å². The number of hydrazine groups is 1. The van der Waals surface area contributed by atoms with Crippen LogP contribution in [-0.2, 0) is 9.47 Å². The van der Waals surface area contributed by atoms with Gasteiger partial charge in [-0.05, 0) is 0 Å². The molecule has 0 saturated heterocycles. The lowest BCUT2D eigenvalue weighted by Crippen LogP contribution is -2.50. The average Bonchev–Trinajstić information content (AvgIpc) is 2.45. The molecule has 0 spiro atoms. The summed E-state index contributed by atoms with van der Waals surface area (Å²) in [7, 11) is 0. The summed E-state index contributed by atoms with van der Waals surface area (Å²) in [6.45, 7) is -1.06. The second-order valence-corrected chi connectivity index (χ2v) is 3.04. The highest BCUT2D eigenvalue weighted by Crippen LogP contribution is 2.04. The van der Waals surface area contributed by atoms with Crippen molar-refractivity contribution in [3.63, 3.8) is 0 Å². The van der Waals surface area contributed by atoms with E-state index in [1.807, 2.05) is 0 Å². The van der Waals surface area contributed by atoms with E-state index in [9.17, 15) is 9.59 Å². The molecule has 0 fully saturated rings. The maximum absolute atomic E-state index is 11.7. The van der Waals surface area contributed by atoms with E-state index >= 15 is 0 Å². The highest BCUT2D eigenvalue weighted by atomic mass is 16.6. The average molecular weight is 272 g/mol. The molecule has 0 aliphatic heterocycles. The highest BCUT2D eigenvalue weighted by molar-refractivity contribution is 5.74. The largest absolute Gasteiger partial charge is 0.435 e. The van der Waals surface area contributed by atoms with Gasteiger partial charge in [0.25, 0.3) is 0 Å². The van der Waals surface area contributed by atoms with Gasteiger partial charge in [0, 0.05) is 0 Å². The fourth-order valence-electron chi connectivity index (χ4n) is 1.03. The summed E-state index contributed by atoms with van der Waals surface area (Å²) < 4.78 is 9.37. The highest BCUT2D eigenvalue weighted by Gasteiger charge is 2.27. The molecule has 0 saturated carbocycles. The molecule has 6 nitrogen and oxygen atoms in total. The van der Waals surface area contributed by atoms with Crippen molar-refractivity contribution >= 4 is 12.2 Å². The monoisotopic (exact) mass is 272 g/mol. The van der Waals surface area contributed by atoms with Gasteiger partial charge in [-0.1, -0.05) is 23.7 Å². The van der Waals surface area contributed by atoms with E-state index < -0.39 is 12.2 Å². The molecule has 6 heteroatoms. The normalized spacial score (nSPS) is 8.00. The predicted octanol–water partition coefficient (Wildman–Crippen LogP) is 0.311. The van der Waals surface area contributed by atoms with Gasteiger partial charge in [-0.2, -0.15) is 0 Å². The summed E-state index contributed by atoms with van der Waals surface area (Å²) in [6.07, 6.45) is 18.3. The van der Waals surface area contributed by atoms with E-state index in [4.69, 9.17) is 25.7 Å². The lowest BCUT2D eigenvalue weighted by Gasteiger charge is -2.29. The second-order valence-electron chi connectivity index (χ2n) is 3.04. The van der Waals surface area contributed by atoms with Gasteiger partial charge in [0.15, 0.2) is 13.2 Å². The van der Waals surface area contributed by atoms with Gasteiger partial charge in [0.05, 0.1) is 0 Å². The Labute approximate surface area is 118 Å². The molecular formula is C14H12N2O4. The lowest BCUT2D eigenvalue weighted by atomic mass is 10.6. The Bertz CT molecular complexity index is 465. The Morgan fingerprint density at radius 2 is 1.10 bits per heavy atom. The van der Waals surface area contributed by atoms with Gasteiger partial charge < -0.3 is 9.47 Å². The van der Waals surface area contributed by atoms with Crippen LogP contribution in [0, 0.1) is 49.4 Å². The number of nitrogens with zero attached hydrogens (tertiary/aromatic N) is 2. The smallest absolute Gasteiger partial charge is 0.430 e. The van der Waals surface area contributed by atoms with Gasteiger partial charge in [-0.25, -0.2) is 19.6 Å². The van der Waals surface area contributed by atoms with Gasteiger partial charge in [-0.15, -0.1) is 25.7 Å². The van der Waals surface area contributed by atoms with Gasteiger partial charge in [0.1, 0.15) is 13.1 Å². The third-order valence-electron chi connectivity index (χ3n) is 1.75. The van der Waals surface area contributed by atoms with Crippen LogP contribution in [0.2, 0.25) is 0 Å². The van der Waals surface area contributed by atoms with Crippen molar-refractivity contribution < 1.29 is 19.1 Å². The minimum atomic E-state index is -0.922. The standard InChI is InChI=1S/C14H12N2O4/c1-5-9-15(13(17)19-11-7-3)16(10-6-2)14(18)20-12-8-4/h1-4H,9-12H2. The molecular weight excluding hydrogens is 260 g/mol. The number of carbonyl (C=O) groups is 2. The number of terminal acetylenes is 4. The molecule has 0 aromatic heterocycles. The maximum atomic E-state index is 11.7. The Morgan fingerprint density at radius 3 is 1.35 bits per heavy atom. The summed E-state index contributed by atoms with van der Waals surface area (Å²) in [5.41, 5.74) is 0. The minimum absolute atomic E-state index is 0.254. The first-order valence-corrected chi connectivity index (χ1v) is 5.24. The Kier molecular flexibility index (Phi) is 8.20. The van der Waals surface area contributed by atoms with Crippen LogP contribution in [0.15, 0.2) is 0 Å². The molecule has 2 amide bonds. The molecule has 0 rings (SSSR count). The van der Waals surface area contributed by atoms with Crippen molar-refractivity contribution in [3.05, 3.63) is 0 Å². The number of amides is 2. The molecule has 0 aliphatic carbocycles. The summed E-state index contributed by atoms with van der Waals surface area (Å²) in [5.74, 6) is 8.59. The van der Waals surface area contributed by atoms with Crippen molar-refractivity contribution in [2.24, 2.45) is 0 Å². The molecule has 0 unspecified atom stereocenters. The van der Waals surface area contributed by atoms with Crippen molar-refractivity contribution in [3.8, 4) is 49.4 Å². The number of hydrogen-bond acceptors (Lipinski definition) is 4. The third kappa shape index (κ3) is 5.41. The Balaban J connectivity index is 5.05. The third-order valence-corrected chi connectivity index (χ3v) is 1.75. The summed E-state index contributed by atoms with van der Waals surface area (Å²) >= 11 is 0. The van der Waals surface area contributed by atoms with Crippen LogP contribution in [0.25, 0.3) is 0 Å². The molecule has 0 bridgehead atoms. The van der Waals surface area contributed by atoms with Crippen molar-refractivity contribution in [1.82, 2.24) is 10.0 Å². The van der Waals surface area contributed by atoms with Crippen LogP contribution in [0.5, 0.6) is 0 Å². The molecule has 0 N–H and O–H groups in total. The zero-order chi connectivity index (χ0) is 15.4. The number of rotatable bonds is 4. The fourth-order valence-corrected chi connectivity index (χ4v) is 1.03. The van der Waals surface area contributed by atoms with E-state index in [1.165, 1.54) is 0 Å². The van der Waals surface area contributed by atoms with Gasteiger partial charge in [0.2, 0.25) is 0 Å². The summed E-state index contributed by atoms with van der Waals surface area (Å²) in [4.78, 5) is 23.5. The first-order chi connectivity index (χ1) is 9.62. The zero-order valence-corrected chi connectivity index (χ0v) is 10.7. The first-order valence-electron chi connectivity index (χ1n) is 5.24. The Hall–Kier alpha value is -3.22. The zero-order valence-electron chi connectivity index (χ0n) is 10.7. The molecule has 0 aliphatic rings. The molecule has 102 valence electrons. The van der Waals surface area contributed by atoms with E-state index in [2.05, 4.69) is 33.2 Å². The lowest BCUT2D eigenvalue weighted by molar-refractivity contribution is -0.00139. The van der Waals surface area contributed by atoms with Crippen LogP contribution in [0.4, 0.5) is 9.59 Å². The SMILES string of the molecule is C#CCOC(=O)N(CC#C)N(CC#C)C(=O)OCC#C. The van der Waals surface area contributed by atoms with Crippen LogP contribution < -0.4 is 0 Å². The van der Waals surface area contributed by atoms with Crippen molar-refractivity contribution in [2.75, 3.05) is 26.3 Å². The van der Waals surface area contributed by atoms with Crippen LogP contribution in [0.1, 0.15) is 0 Å². The molecule has 0 radical (unpaired) electrons. The van der Waals surface area contributed by atoms with E-state index in [0.29, 0.717) is 0 Å². The van der Waals surface area contributed by atoms with E-state index in [-0.39, 0.29) is 26.3 Å². The summed E-state index contributed by atoms with van der Waals surface area (Å²) in [5, 5.41) is 1.60. The molecule has 0 atom stereocenters. The first kappa shape index (κ1) is 16.8. The number of carbonyl (C=O) groups excluding carboxylic acids is 2. The summed E-state index contributed by atoms with van der Waals surface area (Å²) in [6, 6.07) is 0. The van der Waals surface area contributed by atoms with Crippen LogP contribution in [-0.4, -0.2) is 48.5 Å². The fraction of sp³-hybridized carbons (Fsp3) is 0.286. The number of hydrogen-bond donors (Lipinski definition) is 0.